The van der Waals surface area contributed by atoms with Gasteiger partial charge in [0.1, 0.15) is 0 Å². The van der Waals surface area contributed by atoms with Crippen LogP contribution in [0, 0.1) is 0 Å². The number of carbonyl (C=O) groups excluding carboxylic acids is 1. The summed E-state index contributed by atoms with van der Waals surface area (Å²) in [6.45, 7) is 2.01. The molecular formula is C11H16N4O2. The zero-order chi connectivity index (χ0) is 11.8. The van der Waals surface area contributed by atoms with Crippen molar-refractivity contribution in [3.63, 3.8) is 0 Å². The standard InChI is InChI=1S/C11H16N4O2/c1-14-6-9-10(13-14)11(16)15(7-12-9)5-8-3-2-4-17-8/h6,8,12H,2-5,7H2,1H3/t8-/m0/s1. The minimum absolute atomic E-state index is 0.00477. The number of hydrogen-bond donors (Lipinski definition) is 1. The fourth-order valence-electron chi connectivity index (χ4n) is 2.36. The first-order chi connectivity index (χ1) is 8.24. The van der Waals surface area contributed by atoms with Gasteiger partial charge in [-0.25, -0.2) is 0 Å². The van der Waals surface area contributed by atoms with Gasteiger partial charge in [-0.15, -0.1) is 0 Å². The molecule has 1 aromatic rings. The summed E-state index contributed by atoms with van der Waals surface area (Å²) < 4.78 is 7.21. The Hall–Kier alpha value is -1.56. The zero-order valence-corrected chi connectivity index (χ0v) is 9.85. The Kier molecular flexibility index (Phi) is 2.51. The molecule has 1 fully saturated rings. The second kappa shape index (κ2) is 4.03. The van der Waals surface area contributed by atoms with Gasteiger partial charge in [0.25, 0.3) is 5.91 Å². The number of anilines is 1. The molecule has 3 heterocycles. The van der Waals surface area contributed by atoms with Crippen molar-refractivity contribution in [3.8, 4) is 0 Å². The van der Waals surface area contributed by atoms with E-state index < -0.39 is 0 Å². The van der Waals surface area contributed by atoms with Gasteiger partial charge in [-0.1, -0.05) is 0 Å². The van der Waals surface area contributed by atoms with E-state index >= 15 is 0 Å². The maximum atomic E-state index is 12.2. The Morgan fingerprint density at radius 1 is 1.65 bits per heavy atom. The lowest BCUT2D eigenvalue weighted by molar-refractivity contribution is 0.0529. The van der Waals surface area contributed by atoms with Crippen LogP contribution in [0.2, 0.25) is 0 Å². The van der Waals surface area contributed by atoms with E-state index in [1.807, 2.05) is 13.2 Å². The number of aryl methyl sites for hydroxylation is 1. The molecule has 0 saturated carbocycles. The number of rotatable bonds is 2. The Labute approximate surface area is 99.5 Å². The molecule has 1 amide bonds. The number of ether oxygens (including phenoxy) is 1. The first-order valence-electron chi connectivity index (χ1n) is 5.92. The molecule has 0 radical (unpaired) electrons. The van der Waals surface area contributed by atoms with E-state index in [0.29, 0.717) is 18.9 Å². The highest BCUT2D eigenvalue weighted by Crippen LogP contribution is 2.22. The quantitative estimate of drug-likeness (QED) is 0.808. The van der Waals surface area contributed by atoms with Crippen molar-refractivity contribution in [2.45, 2.75) is 18.9 Å². The van der Waals surface area contributed by atoms with E-state index in [4.69, 9.17) is 4.74 Å². The molecule has 0 spiro atoms. The van der Waals surface area contributed by atoms with Crippen LogP contribution in [0.25, 0.3) is 0 Å². The van der Waals surface area contributed by atoms with Gasteiger partial charge in [0.05, 0.1) is 18.5 Å². The number of aromatic nitrogens is 2. The van der Waals surface area contributed by atoms with Crippen LogP contribution in [0.3, 0.4) is 0 Å². The average molecular weight is 236 g/mol. The molecular weight excluding hydrogens is 220 g/mol. The smallest absolute Gasteiger partial charge is 0.278 e. The largest absolute Gasteiger partial charge is 0.376 e. The number of carbonyl (C=O) groups is 1. The molecule has 3 rings (SSSR count). The third-order valence-corrected chi connectivity index (χ3v) is 3.23. The van der Waals surface area contributed by atoms with Crippen LogP contribution >= 0.6 is 0 Å². The van der Waals surface area contributed by atoms with Gasteiger partial charge in [-0.2, -0.15) is 5.10 Å². The summed E-state index contributed by atoms with van der Waals surface area (Å²) in [7, 11) is 1.82. The topological polar surface area (TPSA) is 59.4 Å². The van der Waals surface area contributed by atoms with Crippen LogP contribution < -0.4 is 5.32 Å². The normalized spacial score (nSPS) is 23.7. The van der Waals surface area contributed by atoms with Gasteiger partial charge in [-0.05, 0) is 12.8 Å². The molecule has 0 aliphatic carbocycles. The highest BCUT2D eigenvalue weighted by molar-refractivity contribution is 5.99. The van der Waals surface area contributed by atoms with Crippen LogP contribution in [-0.4, -0.2) is 46.5 Å². The summed E-state index contributed by atoms with van der Waals surface area (Å²) in [5.41, 5.74) is 1.33. The summed E-state index contributed by atoms with van der Waals surface area (Å²) in [5, 5.41) is 7.38. The zero-order valence-electron chi connectivity index (χ0n) is 9.85. The van der Waals surface area contributed by atoms with Crippen molar-refractivity contribution < 1.29 is 9.53 Å². The van der Waals surface area contributed by atoms with Crippen LogP contribution in [-0.2, 0) is 11.8 Å². The van der Waals surface area contributed by atoms with E-state index in [-0.39, 0.29) is 12.0 Å². The molecule has 1 saturated heterocycles. The third kappa shape index (κ3) is 1.88. The fourth-order valence-corrected chi connectivity index (χ4v) is 2.36. The molecule has 1 N–H and O–H groups in total. The van der Waals surface area contributed by atoms with Gasteiger partial charge in [0.2, 0.25) is 0 Å². The number of amides is 1. The summed E-state index contributed by atoms with van der Waals surface area (Å²) >= 11 is 0. The van der Waals surface area contributed by atoms with Crippen LogP contribution in [0.15, 0.2) is 6.20 Å². The van der Waals surface area contributed by atoms with Crippen molar-refractivity contribution >= 4 is 11.6 Å². The lowest BCUT2D eigenvalue weighted by atomic mass is 10.2. The van der Waals surface area contributed by atoms with E-state index in [1.54, 1.807) is 9.58 Å². The van der Waals surface area contributed by atoms with Crippen molar-refractivity contribution in [2.75, 3.05) is 25.1 Å². The van der Waals surface area contributed by atoms with Gasteiger partial charge < -0.3 is 15.0 Å². The van der Waals surface area contributed by atoms with Gasteiger partial charge >= 0.3 is 0 Å². The number of nitrogens with zero attached hydrogens (tertiary/aromatic N) is 3. The average Bonchev–Trinajstić information content (AvgIpc) is 2.91. The Morgan fingerprint density at radius 3 is 3.29 bits per heavy atom. The first kappa shape index (κ1) is 10.6. The lowest BCUT2D eigenvalue weighted by Crippen LogP contribution is -2.43. The van der Waals surface area contributed by atoms with Gasteiger partial charge in [-0.3, -0.25) is 9.48 Å². The minimum atomic E-state index is -0.00477. The predicted molar refractivity (Wildman–Crippen MR) is 61.7 cm³/mol. The summed E-state index contributed by atoms with van der Waals surface area (Å²) in [4.78, 5) is 13.9. The fraction of sp³-hybridized carbons (Fsp3) is 0.636. The highest BCUT2D eigenvalue weighted by atomic mass is 16.5. The van der Waals surface area contributed by atoms with Crippen LogP contribution in [0.1, 0.15) is 23.3 Å². The Bertz CT molecular complexity index is 437. The number of nitrogens with one attached hydrogen (secondary N) is 1. The monoisotopic (exact) mass is 236 g/mol. The van der Waals surface area contributed by atoms with Crippen molar-refractivity contribution in [2.24, 2.45) is 7.05 Å². The Morgan fingerprint density at radius 2 is 2.53 bits per heavy atom. The summed E-state index contributed by atoms with van der Waals surface area (Å²) in [6.07, 6.45) is 4.15. The van der Waals surface area contributed by atoms with Gasteiger partial charge in [0, 0.05) is 26.4 Å². The first-order valence-corrected chi connectivity index (χ1v) is 5.92. The molecule has 2 aliphatic heterocycles. The molecule has 6 heteroatoms. The molecule has 17 heavy (non-hydrogen) atoms. The molecule has 6 nitrogen and oxygen atoms in total. The predicted octanol–water partition coefficient (Wildman–Crippen LogP) is 0.424. The second-order valence-electron chi connectivity index (χ2n) is 4.56. The van der Waals surface area contributed by atoms with E-state index in [9.17, 15) is 4.79 Å². The molecule has 0 bridgehead atoms. The van der Waals surface area contributed by atoms with Crippen LogP contribution in [0.5, 0.6) is 0 Å². The molecule has 2 aliphatic rings. The SMILES string of the molecule is Cn1cc2c(n1)C(=O)N(C[C@@H]1CCCO1)CN2. The lowest BCUT2D eigenvalue weighted by Gasteiger charge is -2.28. The van der Waals surface area contributed by atoms with Gasteiger partial charge in [0.15, 0.2) is 5.69 Å². The summed E-state index contributed by atoms with van der Waals surface area (Å²) in [6, 6.07) is 0. The van der Waals surface area contributed by atoms with Crippen molar-refractivity contribution in [3.05, 3.63) is 11.9 Å². The molecule has 1 atom stereocenters. The maximum absolute atomic E-state index is 12.2. The van der Waals surface area contributed by atoms with Crippen molar-refractivity contribution in [1.29, 1.82) is 0 Å². The van der Waals surface area contributed by atoms with E-state index in [0.717, 1.165) is 25.1 Å². The third-order valence-electron chi connectivity index (χ3n) is 3.23. The summed E-state index contributed by atoms with van der Waals surface area (Å²) in [5.74, 6) is -0.00477. The minimum Gasteiger partial charge on any atom is -0.376 e. The van der Waals surface area contributed by atoms with Crippen molar-refractivity contribution in [1.82, 2.24) is 14.7 Å². The number of hydrogen-bond acceptors (Lipinski definition) is 4. The van der Waals surface area contributed by atoms with Crippen LogP contribution in [0.4, 0.5) is 5.69 Å². The van der Waals surface area contributed by atoms with E-state index in [1.165, 1.54) is 0 Å². The molecule has 0 unspecified atom stereocenters. The molecule has 0 aromatic carbocycles. The number of fused-ring (bicyclic) bond motifs is 1. The molecule has 1 aromatic heterocycles. The molecule has 92 valence electrons. The Balaban J connectivity index is 1.74. The second-order valence-corrected chi connectivity index (χ2v) is 4.56. The van der Waals surface area contributed by atoms with E-state index in [2.05, 4.69) is 10.4 Å². The highest BCUT2D eigenvalue weighted by Gasteiger charge is 2.29. The maximum Gasteiger partial charge on any atom is 0.278 e.